The van der Waals surface area contributed by atoms with Crippen LogP contribution in [-0.2, 0) is 19.6 Å². The van der Waals surface area contributed by atoms with Crippen LogP contribution in [0.3, 0.4) is 0 Å². The predicted octanol–water partition coefficient (Wildman–Crippen LogP) is 3.41. The van der Waals surface area contributed by atoms with E-state index in [-0.39, 0.29) is 16.5 Å². The van der Waals surface area contributed by atoms with Gasteiger partial charge in [-0.2, -0.15) is 0 Å². The molecule has 0 aliphatic heterocycles. The summed E-state index contributed by atoms with van der Waals surface area (Å²) in [6, 6.07) is 7.90. The van der Waals surface area contributed by atoms with E-state index in [9.17, 15) is 17.6 Å². The average Bonchev–Trinajstić information content (AvgIpc) is 2.93. The first kappa shape index (κ1) is 17.9. The summed E-state index contributed by atoms with van der Waals surface area (Å²) in [5, 5.41) is 0. The lowest BCUT2D eigenvalue weighted by Gasteiger charge is -2.22. The second kappa shape index (κ2) is 7.41. The highest BCUT2D eigenvalue weighted by atomic mass is 79.9. The van der Waals surface area contributed by atoms with Gasteiger partial charge >= 0.3 is 5.97 Å². The summed E-state index contributed by atoms with van der Waals surface area (Å²) < 4.78 is 45.1. The van der Waals surface area contributed by atoms with Crippen molar-refractivity contribution in [2.24, 2.45) is 0 Å². The van der Waals surface area contributed by atoms with E-state index < -0.39 is 28.4 Å². The van der Waals surface area contributed by atoms with Crippen molar-refractivity contribution < 1.29 is 22.3 Å². The van der Waals surface area contributed by atoms with Crippen LogP contribution in [0.4, 0.5) is 10.1 Å². The predicted molar refractivity (Wildman–Crippen MR) is 89.6 cm³/mol. The third-order valence-corrected chi connectivity index (χ3v) is 6.65. The summed E-state index contributed by atoms with van der Waals surface area (Å²) in [5.41, 5.74) is 0.184. The Morgan fingerprint density at radius 2 is 1.91 bits per heavy atom. The van der Waals surface area contributed by atoms with Gasteiger partial charge in [-0.05, 0) is 59.3 Å². The van der Waals surface area contributed by atoms with Crippen molar-refractivity contribution in [2.45, 2.75) is 11.1 Å². The van der Waals surface area contributed by atoms with Gasteiger partial charge in [0.15, 0.2) is 0 Å². The lowest BCUT2D eigenvalue weighted by molar-refractivity contribution is -0.141. The van der Waals surface area contributed by atoms with Gasteiger partial charge in [0.1, 0.15) is 16.6 Å². The summed E-state index contributed by atoms with van der Waals surface area (Å²) in [7, 11) is -3.96. The molecule has 5 nitrogen and oxygen atoms in total. The topological polar surface area (TPSA) is 63.7 Å². The minimum absolute atomic E-state index is 0.0676. The van der Waals surface area contributed by atoms with Crippen LogP contribution >= 0.6 is 27.3 Å². The number of anilines is 1. The largest absolute Gasteiger partial charge is 0.465 e. The molecule has 2 rings (SSSR count). The number of halogens is 2. The molecule has 0 saturated carbocycles. The fraction of sp³-hybridized carbons (Fsp3) is 0.214. The highest BCUT2D eigenvalue weighted by Crippen LogP contribution is 2.31. The molecule has 0 aliphatic rings. The molecule has 1 heterocycles. The maximum Gasteiger partial charge on any atom is 0.326 e. The first-order valence-corrected chi connectivity index (χ1v) is 9.59. The van der Waals surface area contributed by atoms with E-state index in [0.29, 0.717) is 3.79 Å². The third kappa shape index (κ3) is 4.30. The van der Waals surface area contributed by atoms with Crippen LogP contribution in [0.5, 0.6) is 0 Å². The Morgan fingerprint density at radius 3 is 2.43 bits per heavy atom. The van der Waals surface area contributed by atoms with Crippen LogP contribution in [0.1, 0.15) is 6.92 Å². The zero-order valence-electron chi connectivity index (χ0n) is 12.0. The Hall–Kier alpha value is -1.45. The summed E-state index contributed by atoms with van der Waals surface area (Å²) in [6.07, 6.45) is 0. The zero-order chi connectivity index (χ0) is 17.0. The minimum atomic E-state index is -3.96. The number of benzene rings is 1. The molecule has 23 heavy (non-hydrogen) atoms. The second-order valence-electron chi connectivity index (χ2n) is 4.35. The number of rotatable bonds is 6. The molecule has 0 fully saturated rings. The Bertz CT molecular complexity index is 789. The number of sulfonamides is 1. The highest BCUT2D eigenvalue weighted by molar-refractivity contribution is 9.11. The number of hydrogen-bond donors (Lipinski definition) is 0. The van der Waals surface area contributed by atoms with E-state index in [4.69, 9.17) is 4.74 Å². The zero-order valence-corrected chi connectivity index (χ0v) is 15.2. The molecular weight excluding hydrogens is 409 g/mol. The molecule has 0 N–H and O–H groups in total. The van der Waals surface area contributed by atoms with E-state index in [1.807, 2.05) is 0 Å². The Morgan fingerprint density at radius 1 is 1.26 bits per heavy atom. The maximum atomic E-state index is 13.1. The Kier molecular flexibility index (Phi) is 5.77. The third-order valence-electron chi connectivity index (χ3n) is 2.79. The standard InChI is InChI=1S/C14H13BrFNO4S2/c1-2-21-13(18)9-17(11-5-3-10(16)4-6-11)23(19,20)14-8-7-12(15)22-14/h3-8H,2,9H2,1H3. The first-order chi connectivity index (χ1) is 10.8. The number of carbonyl (C=O) groups is 1. The molecule has 124 valence electrons. The van der Waals surface area contributed by atoms with Gasteiger partial charge in [0.05, 0.1) is 16.1 Å². The van der Waals surface area contributed by atoms with Crippen molar-refractivity contribution in [3.8, 4) is 0 Å². The maximum absolute atomic E-state index is 13.1. The molecule has 0 aliphatic carbocycles. The molecule has 0 radical (unpaired) electrons. The van der Waals surface area contributed by atoms with Crippen LogP contribution in [0.2, 0.25) is 0 Å². The lowest BCUT2D eigenvalue weighted by Crippen LogP contribution is -2.36. The van der Waals surface area contributed by atoms with Gasteiger partial charge in [-0.15, -0.1) is 11.3 Å². The first-order valence-electron chi connectivity index (χ1n) is 6.54. The number of thiophene rings is 1. The summed E-state index contributed by atoms with van der Waals surface area (Å²) in [4.78, 5) is 11.8. The van der Waals surface area contributed by atoms with Crippen LogP contribution in [0, 0.1) is 5.82 Å². The Balaban J connectivity index is 2.44. The number of hydrogen-bond acceptors (Lipinski definition) is 5. The minimum Gasteiger partial charge on any atom is -0.465 e. The molecule has 1 aromatic carbocycles. The van der Waals surface area contributed by atoms with Crippen molar-refractivity contribution in [3.63, 3.8) is 0 Å². The average molecular weight is 422 g/mol. The fourth-order valence-electron chi connectivity index (χ4n) is 1.79. The van der Waals surface area contributed by atoms with E-state index in [2.05, 4.69) is 15.9 Å². The fourth-order valence-corrected chi connectivity index (χ4v) is 5.32. The second-order valence-corrected chi connectivity index (χ2v) is 8.90. The van der Waals surface area contributed by atoms with E-state index >= 15 is 0 Å². The molecule has 1 aromatic heterocycles. The van der Waals surface area contributed by atoms with Gasteiger partial charge in [-0.25, -0.2) is 12.8 Å². The van der Waals surface area contributed by atoms with Gasteiger partial charge in [0.25, 0.3) is 10.0 Å². The van der Waals surface area contributed by atoms with Gasteiger partial charge in [-0.3, -0.25) is 9.10 Å². The van der Waals surface area contributed by atoms with Crippen molar-refractivity contribution >= 4 is 48.9 Å². The van der Waals surface area contributed by atoms with Gasteiger partial charge < -0.3 is 4.74 Å². The normalized spacial score (nSPS) is 11.3. The van der Waals surface area contributed by atoms with Crippen molar-refractivity contribution in [1.29, 1.82) is 0 Å². The van der Waals surface area contributed by atoms with Crippen LogP contribution in [0.15, 0.2) is 44.4 Å². The molecule has 0 atom stereocenters. The monoisotopic (exact) mass is 421 g/mol. The van der Waals surface area contributed by atoms with Crippen LogP contribution in [0.25, 0.3) is 0 Å². The molecule has 0 spiro atoms. The van der Waals surface area contributed by atoms with Gasteiger partial charge in [-0.1, -0.05) is 0 Å². The van der Waals surface area contributed by atoms with E-state index in [1.54, 1.807) is 13.0 Å². The van der Waals surface area contributed by atoms with Crippen molar-refractivity contribution in [3.05, 3.63) is 46.0 Å². The number of esters is 1. The quantitative estimate of drug-likeness (QED) is 0.670. The summed E-state index contributed by atoms with van der Waals surface area (Å²) in [5.74, 6) is -1.18. The molecule has 9 heteroatoms. The molecular formula is C14H13BrFNO4S2. The van der Waals surface area contributed by atoms with Gasteiger partial charge in [0.2, 0.25) is 0 Å². The smallest absolute Gasteiger partial charge is 0.326 e. The molecule has 0 saturated heterocycles. The molecule has 0 bridgehead atoms. The Labute approximate surface area is 145 Å². The molecule has 0 amide bonds. The molecule has 2 aromatic rings. The van der Waals surface area contributed by atoms with Crippen LogP contribution in [-0.4, -0.2) is 27.5 Å². The highest BCUT2D eigenvalue weighted by Gasteiger charge is 2.29. The van der Waals surface area contributed by atoms with E-state index in [0.717, 1.165) is 27.8 Å². The van der Waals surface area contributed by atoms with Crippen LogP contribution < -0.4 is 4.31 Å². The number of ether oxygens (including phenoxy) is 1. The SMILES string of the molecule is CCOC(=O)CN(c1ccc(F)cc1)S(=O)(=O)c1ccc(Br)s1. The van der Waals surface area contributed by atoms with Crippen molar-refractivity contribution in [1.82, 2.24) is 0 Å². The summed E-state index contributed by atoms with van der Waals surface area (Å²) in [6.45, 7) is 1.28. The number of carbonyl (C=O) groups excluding carboxylic acids is 1. The van der Waals surface area contributed by atoms with E-state index in [1.165, 1.54) is 18.2 Å². The lowest BCUT2D eigenvalue weighted by atomic mass is 10.3. The number of nitrogens with zero attached hydrogens (tertiary/aromatic N) is 1. The summed E-state index contributed by atoms with van der Waals surface area (Å²) >= 11 is 4.23. The van der Waals surface area contributed by atoms with Crippen molar-refractivity contribution in [2.75, 3.05) is 17.5 Å². The molecule has 0 unspecified atom stereocenters. The van der Waals surface area contributed by atoms with Gasteiger partial charge in [0, 0.05) is 0 Å².